The van der Waals surface area contributed by atoms with E-state index in [1.54, 1.807) is 32.8 Å². The van der Waals surface area contributed by atoms with E-state index in [-0.39, 0.29) is 23.7 Å². The van der Waals surface area contributed by atoms with Crippen LogP contribution in [0.15, 0.2) is 30.5 Å². The van der Waals surface area contributed by atoms with Crippen LogP contribution >= 0.6 is 0 Å². The Morgan fingerprint density at radius 1 is 1.03 bits per heavy atom. The van der Waals surface area contributed by atoms with Crippen molar-refractivity contribution in [3.05, 3.63) is 47.5 Å². The molecule has 1 aromatic heterocycles. The molecule has 9 heteroatoms. The van der Waals surface area contributed by atoms with Crippen LogP contribution in [0.2, 0.25) is 0 Å². The van der Waals surface area contributed by atoms with Crippen LogP contribution in [0.3, 0.4) is 0 Å². The Labute approximate surface area is 193 Å². The van der Waals surface area contributed by atoms with Crippen LogP contribution < -0.4 is 0 Å². The Bertz CT molecular complexity index is 985. The average molecular weight is 459 g/mol. The Hall–Kier alpha value is -2.94. The Morgan fingerprint density at radius 2 is 1.67 bits per heavy atom. The summed E-state index contributed by atoms with van der Waals surface area (Å²) in [5.74, 6) is -0.379. The number of hydrogen-bond donors (Lipinski definition) is 0. The van der Waals surface area contributed by atoms with Gasteiger partial charge in [0, 0.05) is 32.1 Å². The summed E-state index contributed by atoms with van der Waals surface area (Å²) in [6, 6.07) is 6.08. The molecule has 0 aliphatic carbocycles. The first-order valence-corrected chi connectivity index (χ1v) is 11.4. The number of benzene rings is 1. The first-order chi connectivity index (χ1) is 15.7. The van der Waals surface area contributed by atoms with Crippen LogP contribution in [0, 0.1) is 5.82 Å². The number of aromatic nitrogens is 2. The molecule has 2 fully saturated rings. The van der Waals surface area contributed by atoms with Crippen molar-refractivity contribution in [1.82, 2.24) is 19.6 Å². The Morgan fingerprint density at radius 3 is 2.27 bits per heavy atom. The molecule has 4 rings (SSSR count). The van der Waals surface area contributed by atoms with E-state index in [4.69, 9.17) is 9.47 Å². The highest BCUT2D eigenvalue weighted by molar-refractivity contribution is 5.95. The molecule has 0 bridgehead atoms. The summed E-state index contributed by atoms with van der Waals surface area (Å²) in [7, 11) is 0. The molecule has 33 heavy (non-hydrogen) atoms. The number of likely N-dealkylation sites (tertiary alicyclic amines) is 1. The standard InChI is InChI=1S/C24H31FN4O4/c1-24(2,3)33-23(31)28-10-8-17(9-11-28)21-20(22(30)27-12-14-32-15-13-27)16-26-29(21)19-6-4-18(25)5-7-19/h4-7,16-17H,8-15H2,1-3H3. The summed E-state index contributed by atoms with van der Waals surface area (Å²) < 4.78 is 26.2. The Balaban J connectivity index is 1.60. The first-order valence-electron chi connectivity index (χ1n) is 11.4. The van der Waals surface area contributed by atoms with Gasteiger partial charge in [0.05, 0.1) is 36.4 Å². The lowest BCUT2D eigenvalue weighted by Crippen LogP contribution is -2.42. The maximum atomic E-state index is 13.5. The number of carbonyl (C=O) groups is 2. The number of carbonyl (C=O) groups excluding carboxylic acids is 2. The second-order valence-corrected chi connectivity index (χ2v) is 9.48. The van der Waals surface area contributed by atoms with Crippen molar-refractivity contribution in [3.8, 4) is 5.69 Å². The number of halogens is 1. The minimum Gasteiger partial charge on any atom is -0.444 e. The van der Waals surface area contributed by atoms with Crippen LogP contribution in [0.25, 0.3) is 5.69 Å². The summed E-state index contributed by atoms with van der Waals surface area (Å²) in [5, 5.41) is 4.52. The van der Waals surface area contributed by atoms with E-state index in [1.807, 2.05) is 20.8 Å². The molecule has 2 amide bonds. The number of hydrogen-bond acceptors (Lipinski definition) is 5. The molecule has 2 saturated heterocycles. The molecule has 2 aliphatic heterocycles. The molecular formula is C24H31FN4O4. The predicted molar refractivity (Wildman–Crippen MR) is 120 cm³/mol. The first kappa shape index (κ1) is 23.2. The van der Waals surface area contributed by atoms with Gasteiger partial charge in [-0.1, -0.05) is 0 Å². The lowest BCUT2D eigenvalue weighted by atomic mass is 9.90. The van der Waals surface area contributed by atoms with Crippen molar-refractivity contribution in [2.45, 2.75) is 45.1 Å². The molecule has 2 aromatic rings. The fourth-order valence-corrected chi connectivity index (χ4v) is 4.30. The van der Waals surface area contributed by atoms with Crippen molar-refractivity contribution in [2.24, 2.45) is 0 Å². The van der Waals surface area contributed by atoms with Gasteiger partial charge in [0.2, 0.25) is 0 Å². The van der Waals surface area contributed by atoms with E-state index >= 15 is 0 Å². The maximum absolute atomic E-state index is 13.5. The second kappa shape index (κ2) is 9.51. The SMILES string of the molecule is CC(C)(C)OC(=O)N1CCC(c2c(C(=O)N3CCOCC3)cnn2-c2ccc(F)cc2)CC1. The number of nitrogens with zero attached hydrogens (tertiary/aromatic N) is 4. The third kappa shape index (κ3) is 5.35. The average Bonchev–Trinajstić information content (AvgIpc) is 3.23. The lowest BCUT2D eigenvalue weighted by molar-refractivity contribution is 0.0201. The summed E-state index contributed by atoms with van der Waals surface area (Å²) in [6.45, 7) is 8.71. The monoisotopic (exact) mass is 458 g/mol. The quantitative estimate of drug-likeness (QED) is 0.703. The molecule has 0 radical (unpaired) electrons. The minimum absolute atomic E-state index is 0.0243. The number of ether oxygens (including phenoxy) is 2. The third-order valence-corrected chi connectivity index (χ3v) is 5.94. The van der Waals surface area contributed by atoms with Crippen LogP contribution in [0.4, 0.5) is 9.18 Å². The molecule has 178 valence electrons. The van der Waals surface area contributed by atoms with Crippen molar-refractivity contribution in [3.63, 3.8) is 0 Å². The van der Waals surface area contributed by atoms with Crippen molar-refractivity contribution in [1.29, 1.82) is 0 Å². The lowest BCUT2D eigenvalue weighted by Gasteiger charge is -2.34. The fourth-order valence-electron chi connectivity index (χ4n) is 4.30. The molecule has 0 saturated carbocycles. The van der Waals surface area contributed by atoms with Gasteiger partial charge in [0.25, 0.3) is 5.91 Å². The normalized spacial score (nSPS) is 17.8. The smallest absolute Gasteiger partial charge is 0.410 e. The van der Waals surface area contributed by atoms with Crippen molar-refractivity contribution < 1.29 is 23.5 Å². The van der Waals surface area contributed by atoms with Crippen LogP contribution in [0.1, 0.15) is 55.6 Å². The molecule has 0 atom stereocenters. The van der Waals surface area contributed by atoms with E-state index in [1.165, 1.54) is 12.1 Å². The van der Waals surface area contributed by atoms with Gasteiger partial charge >= 0.3 is 6.09 Å². The van der Waals surface area contributed by atoms with Crippen LogP contribution in [0.5, 0.6) is 0 Å². The van der Waals surface area contributed by atoms with Gasteiger partial charge in [-0.3, -0.25) is 4.79 Å². The number of rotatable bonds is 3. The maximum Gasteiger partial charge on any atom is 0.410 e. The van der Waals surface area contributed by atoms with Gasteiger partial charge in [0.15, 0.2) is 0 Å². The van der Waals surface area contributed by atoms with Gasteiger partial charge in [-0.2, -0.15) is 5.10 Å². The van der Waals surface area contributed by atoms with Crippen molar-refractivity contribution in [2.75, 3.05) is 39.4 Å². The van der Waals surface area contributed by atoms with Gasteiger partial charge in [0.1, 0.15) is 11.4 Å². The molecule has 0 unspecified atom stereocenters. The van der Waals surface area contributed by atoms with Crippen LogP contribution in [-0.4, -0.2) is 76.6 Å². The van der Waals surface area contributed by atoms with E-state index < -0.39 is 5.60 Å². The zero-order chi connectivity index (χ0) is 23.6. The highest BCUT2D eigenvalue weighted by Gasteiger charge is 2.33. The number of amides is 2. The second-order valence-electron chi connectivity index (χ2n) is 9.48. The zero-order valence-corrected chi connectivity index (χ0v) is 19.4. The molecule has 2 aliphatic rings. The van der Waals surface area contributed by atoms with Gasteiger partial charge < -0.3 is 19.3 Å². The van der Waals surface area contributed by atoms with Crippen LogP contribution in [-0.2, 0) is 9.47 Å². The zero-order valence-electron chi connectivity index (χ0n) is 19.4. The Kier molecular flexibility index (Phi) is 6.69. The summed E-state index contributed by atoms with van der Waals surface area (Å²) >= 11 is 0. The molecule has 0 spiro atoms. The molecule has 0 N–H and O–H groups in total. The summed E-state index contributed by atoms with van der Waals surface area (Å²) in [4.78, 5) is 29.3. The van der Waals surface area contributed by atoms with E-state index in [2.05, 4.69) is 5.10 Å². The third-order valence-electron chi connectivity index (χ3n) is 5.94. The highest BCUT2D eigenvalue weighted by atomic mass is 19.1. The minimum atomic E-state index is -0.549. The highest BCUT2D eigenvalue weighted by Crippen LogP contribution is 2.33. The number of piperidine rings is 1. The van der Waals surface area contributed by atoms with Gasteiger partial charge in [-0.05, 0) is 57.9 Å². The number of morpholine rings is 1. The molecule has 8 nitrogen and oxygen atoms in total. The van der Waals surface area contributed by atoms with Crippen molar-refractivity contribution >= 4 is 12.0 Å². The van der Waals surface area contributed by atoms with Gasteiger partial charge in [-0.25, -0.2) is 13.9 Å². The molecular weight excluding hydrogens is 427 g/mol. The summed E-state index contributed by atoms with van der Waals surface area (Å²) in [6.07, 6.45) is 2.64. The fraction of sp³-hybridized carbons (Fsp3) is 0.542. The molecule has 3 heterocycles. The van der Waals surface area contributed by atoms with Gasteiger partial charge in [-0.15, -0.1) is 0 Å². The largest absolute Gasteiger partial charge is 0.444 e. The molecule has 1 aromatic carbocycles. The topological polar surface area (TPSA) is 76.9 Å². The van der Waals surface area contributed by atoms with E-state index in [0.29, 0.717) is 63.5 Å². The predicted octanol–water partition coefficient (Wildman–Crippen LogP) is 3.60. The summed E-state index contributed by atoms with van der Waals surface area (Å²) in [5.41, 5.74) is 1.51. The van der Waals surface area contributed by atoms with E-state index in [0.717, 1.165) is 5.69 Å². The van der Waals surface area contributed by atoms with E-state index in [9.17, 15) is 14.0 Å².